The van der Waals surface area contributed by atoms with E-state index in [2.05, 4.69) is 57.3 Å². The van der Waals surface area contributed by atoms with Gasteiger partial charge in [-0.25, -0.2) is 0 Å². The summed E-state index contributed by atoms with van der Waals surface area (Å²) >= 11 is 0. The van der Waals surface area contributed by atoms with Gasteiger partial charge < -0.3 is 10.1 Å². The summed E-state index contributed by atoms with van der Waals surface area (Å²) in [5.41, 5.74) is 1.63. The maximum absolute atomic E-state index is 5.93. The number of nitrogens with one attached hydrogen (secondary N) is 1. The predicted molar refractivity (Wildman–Crippen MR) is 80.9 cm³/mol. The van der Waals surface area contributed by atoms with E-state index in [9.17, 15) is 0 Å². The van der Waals surface area contributed by atoms with Crippen LogP contribution in [0, 0.1) is 0 Å². The minimum Gasteiger partial charge on any atom is -0.489 e. The molecule has 1 atom stereocenters. The Kier molecular flexibility index (Phi) is 4.51. The van der Waals surface area contributed by atoms with E-state index in [4.69, 9.17) is 4.74 Å². The molecule has 2 rings (SSSR count). The molecule has 0 heterocycles. The van der Waals surface area contributed by atoms with Crippen LogP contribution in [0.3, 0.4) is 0 Å². The molecular weight excluding hydrogens is 234 g/mol. The zero-order chi connectivity index (χ0) is 13.9. The normalized spacial score (nSPS) is 17.3. The molecule has 19 heavy (non-hydrogen) atoms. The highest BCUT2D eigenvalue weighted by atomic mass is 16.5. The summed E-state index contributed by atoms with van der Waals surface area (Å²) in [6.07, 6.45) is 4.03. The summed E-state index contributed by atoms with van der Waals surface area (Å²) in [5.74, 6) is 0.973. The van der Waals surface area contributed by atoms with E-state index in [0.29, 0.717) is 0 Å². The number of hydrogen-bond donors (Lipinski definition) is 1. The lowest BCUT2D eigenvalue weighted by atomic mass is 9.82. The molecule has 0 radical (unpaired) electrons. The summed E-state index contributed by atoms with van der Waals surface area (Å²) < 4.78 is 5.93. The molecular formula is C17H27NO. The predicted octanol–water partition coefficient (Wildman–Crippen LogP) is 3.89. The second-order valence-electron chi connectivity index (χ2n) is 6.37. The molecule has 1 aliphatic carbocycles. The molecule has 1 aromatic rings. The fourth-order valence-electron chi connectivity index (χ4n) is 2.08. The Labute approximate surface area is 117 Å². The van der Waals surface area contributed by atoms with Crippen LogP contribution in [-0.2, 0) is 5.41 Å². The first-order chi connectivity index (χ1) is 9.01. The van der Waals surface area contributed by atoms with Gasteiger partial charge in [0.2, 0.25) is 0 Å². The van der Waals surface area contributed by atoms with Gasteiger partial charge in [0.05, 0.1) is 0 Å². The van der Waals surface area contributed by atoms with E-state index >= 15 is 0 Å². The average molecular weight is 261 g/mol. The summed E-state index contributed by atoms with van der Waals surface area (Å²) in [5, 5.41) is 3.50. The first-order valence-electron chi connectivity index (χ1n) is 7.52. The number of rotatable bonds is 7. The molecule has 0 aliphatic heterocycles. The van der Waals surface area contributed by atoms with Crippen LogP contribution in [0.15, 0.2) is 24.3 Å². The summed E-state index contributed by atoms with van der Waals surface area (Å²) in [6, 6.07) is 9.33. The van der Waals surface area contributed by atoms with E-state index < -0.39 is 0 Å². The second-order valence-corrected chi connectivity index (χ2v) is 6.37. The Morgan fingerprint density at radius 2 is 1.89 bits per heavy atom. The molecule has 1 aliphatic rings. The van der Waals surface area contributed by atoms with Gasteiger partial charge in [-0.3, -0.25) is 0 Å². The molecule has 0 amide bonds. The lowest BCUT2D eigenvalue weighted by molar-refractivity contribution is 0.216. The molecule has 0 spiro atoms. The zero-order valence-electron chi connectivity index (χ0n) is 12.7. The molecule has 2 heteroatoms. The molecule has 1 N–H and O–H groups in total. The van der Waals surface area contributed by atoms with Crippen LogP contribution in [0.2, 0.25) is 0 Å². The van der Waals surface area contributed by atoms with Gasteiger partial charge in [0.1, 0.15) is 11.9 Å². The quantitative estimate of drug-likeness (QED) is 0.804. The van der Waals surface area contributed by atoms with Crippen molar-refractivity contribution in [1.29, 1.82) is 0 Å². The van der Waals surface area contributed by atoms with Crippen molar-refractivity contribution >= 4 is 0 Å². The van der Waals surface area contributed by atoms with Crippen molar-refractivity contribution < 1.29 is 4.74 Å². The fourth-order valence-corrected chi connectivity index (χ4v) is 2.08. The Morgan fingerprint density at radius 3 is 2.42 bits per heavy atom. The highest BCUT2D eigenvalue weighted by Gasteiger charge is 2.21. The van der Waals surface area contributed by atoms with Gasteiger partial charge in [-0.05, 0) is 49.3 Å². The third-order valence-corrected chi connectivity index (χ3v) is 4.13. The van der Waals surface area contributed by atoms with Crippen LogP contribution in [0.1, 0.15) is 52.5 Å². The van der Waals surface area contributed by atoms with Crippen molar-refractivity contribution in [3.63, 3.8) is 0 Å². The Hall–Kier alpha value is -1.02. The minimum atomic E-state index is 0.227. The molecule has 1 unspecified atom stereocenters. The first-order valence-corrected chi connectivity index (χ1v) is 7.52. The van der Waals surface area contributed by atoms with Crippen LogP contribution in [-0.4, -0.2) is 18.7 Å². The average Bonchev–Trinajstić information content (AvgIpc) is 3.21. The molecule has 0 saturated heterocycles. The number of ether oxygens (including phenoxy) is 1. The van der Waals surface area contributed by atoms with E-state index in [0.717, 1.165) is 24.8 Å². The zero-order valence-corrected chi connectivity index (χ0v) is 12.7. The van der Waals surface area contributed by atoms with Gasteiger partial charge in [-0.2, -0.15) is 0 Å². The molecule has 2 nitrogen and oxygen atoms in total. The smallest absolute Gasteiger partial charge is 0.119 e. The summed E-state index contributed by atoms with van der Waals surface area (Å²) in [6.45, 7) is 9.86. The van der Waals surface area contributed by atoms with E-state index in [-0.39, 0.29) is 11.5 Å². The standard InChI is InChI=1S/C17H27NO/c1-5-17(3,4)14-6-10-16(11-7-14)19-13(2)12-18-15-8-9-15/h6-7,10-11,13,15,18H,5,8-9,12H2,1-4H3. The molecule has 106 valence electrons. The topological polar surface area (TPSA) is 21.3 Å². The SMILES string of the molecule is CCC(C)(C)c1ccc(OC(C)CNC2CC2)cc1. The van der Waals surface area contributed by atoms with Gasteiger partial charge in [0, 0.05) is 12.6 Å². The van der Waals surface area contributed by atoms with Crippen molar-refractivity contribution in [2.24, 2.45) is 0 Å². The Balaban J connectivity index is 1.86. The monoisotopic (exact) mass is 261 g/mol. The maximum Gasteiger partial charge on any atom is 0.119 e. The largest absolute Gasteiger partial charge is 0.489 e. The Bertz CT molecular complexity index is 392. The van der Waals surface area contributed by atoms with E-state index in [1.54, 1.807) is 0 Å². The number of benzene rings is 1. The lowest BCUT2D eigenvalue weighted by Gasteiger charge is -2.24. The van der Waals surface area contributed by atoms with Crippen LogP contribution >= 0.6 is 0 Å². The van der Waals surface area contributed by atoms with Gasteiger partial charge in [-0.1, -0.05) is 32.9 Å². The highest BCUT2D eigenvalue weighted by molar-refractivity contribution is 5.31. The van der Waals surface area contributed by atoms with E-state index in [1.807, 2.05) is 0 Å². The third kappa shape index (κ3) is 4.24. The van der Waals surface area contributed by atoms with Crippen LogP contribution in [0.4, 0.5) is 0 Å². The van der Waals surface area contributed by atoms with Gasteiger partial charge in [0.25, 0.3) is 0 Å². The van der Waals surface area contributed by atoms with Crippen molar-refractivity contribution in [1.82, 2.24) is 5.32 Å². The van der Waals surface area contributed by atoms with Crippen molar-refractivity contribution in [3.8, 4) is 5.75 Å². The van der Waals surface area contributed by atoms with Gasteiger partial charge in [-0.15, -0.1) is 0 Å². The highest BCUT2D eigenvalue weighted by Crippen LogP contribution is 2.28. The number of hydrogen-bond acceptors (Lipinski definition) is 2. The lowest BCUT2D eigenvalue weighted by Crippen LogP contribution is -2.30. The molecule has 0 aromatic heterocycles. The van der Waals surface area contributed by atoms with Gasteiger partial charge >= 0.3 is 0 Å². The minimum absolute atomic E-state index is 0.227. The van der Waals surface area contributed by atoms with Gasteiger partial charge in [0.15, 0.2) is 0 Å². The molecule has 1 aromatic carbocycles. The van der Waals surface area contributed by atoms with Crippen molar-refractivity contribution in [2.45, 2.75) is 64.5 Å². The third-order valence-electron chi connectivity index (χ3n) is 4.13. The van der Waals surface area contributed by atoms with Crippen molar-refractivity contribution in [2.75, 3.05) is 6.54 Å². The molecule has 1 saturated carbocycles. The van der Waals surface area contributed by atoms with Crippen LogP contribution < -0.4 is 10.1 Å². The Morgan fingerprint density at radius 1 is 1.26 bits per heavy atom. The second kappa shape index (κ2) is 5.96. The van der Waals surface area contributed by atoms with E-state index in [1.165, 1.54) is 18.4 Å². The fraction of sp³-hybridized carbons (Fsp3) is 0.647. The summed E-state index contributed by atoms with van der Waals surface area (Å²) in [7, 11) is 0. The van der Waals surface area contributed by atoms with Crippen molar-refractivity contribution in [3.05, 3.63) is 29.8 Å². The molecule has 0 bridgehead atoms. The summed E-state index contributed by atoms with van der Waals surface area (Å²) in [4.78, 5) is 0. The maximum atomic E-state index is 5.93. The molecule has 1 fully saturated rings. The van der Waals surface area contributed by atoms with Crippen LogP contribution in [0.25, 0.3) is 0 Å². The first kappa shape index (κ1) is 14.4. The van der Waals surface area contributed by atoms with Crippen LogP contribution in [0.5, 0.6) is 5.75 Å².